The van der Waals surface area contributed by atoms with Crippen molar-refractivity contribution in [3.05, 3.63) is 23.2 Å². The second-order valence-corrected chi connectivity index (χ2v) is 6.93. The van der Waals surface area contributed by atoms with Crippen molar-refractivity contribution in [2.45, 2.75) is 26.8 Å². The van der Waals surface area contributed by atoms with Crippen LogP contribution in [0.1, 0.15) is 20.8 Å². The maximum absolute atomic E-state index is 12.0. The van der Waals surface area contributed by atoms with E-state index in [0.717, 1.165) is 10.2 Å². The van der Waals surface area contributed by atoms with E-state index >= 15 is 0 Å². The lowest BCUT2D eigenvalue weighted by Gasteiger charge is -2.25. The third-order valence-corrected chi connectivity index (χ3v) is 3.96. The highest BCUT2D eigenvalue weighted by atomic mass is 35.5. The van der Waals surface area contributed by atoms with Crippen molar-refractivity contribution >= 4 is 44.2 Å². The van der Waals surface area contributed by atoms with E-state index in [1.807, 2.05) is 32.9 Å². The van der Waals surface area contributed by atoms with E-state index in [2.05, 4.69) is 10.3 Å². The number of amides is 1. The fourth-order valence-electron chi connectivity index (χ4n) is 1.53. The molecule has 1 atom stereocenters. The van der Waals surface area contributed by atoms with Crippen LogP contribution >= 0.6 is 22.9 Å². The molecular weight excluding hydrogens is 282 g/mol. The van der Waals surface area contributed by atoms with Crippen LogP contribution in [0.5, 0.6) is 0 Å². The molecule has 19 heavy (non-hydrogen) atoms. The maximum Gasteiger partial charge on any atom is 0.243 e. The monoisotopic (exact) mass is 297 g/mol. The van der Waals surface area contributed by atoms with Crippen LogP contribution < -0.4 is 11.1 Å². The molecule has 0 saturated carbocycles. The summed E-state index contributed by atoms with van der Waals surface area (Å²) in [6.07, 6.45) is 0. The minimum Gasteiger partial charge on any atom is -0.319 e. The molecule has 0 spiro atoms. The number of halogens is 1. The van der Waals surface area contributed by atoms with Gasteiger partial charge >= 0.3 is 0 Å². The smallest absolute Gasteiger partial charge is 0.243 e. The Morgan fingerprint density at radius 2 is 2.16 bits per heavy atom. The molecule has 0 aliphatic heterocycles. The van der Waals surface area contributed by atoms with E-state index in [1.54, 1.807) is 6.07 Å². The highest BCUT2D eigenvalue weighted by Gasteiger charge is 2.28. The fourth-order valence-corrected chi connectivity index (χ4v) is 2.67. The summed E-state index contributed by atoms with van der Waals surface area (Å²) in [6.45, 7) is 5.78. The highest BCUT2D eigenvalue weighted by Crippen LogP contribution is 2.28. The number of thiazole rings is 1. The first kappa shape index (κ1) is 14.2. The van der Waals surface area contributed by atoms with Crippen molar-refractivity contribution in [2.24, 2.45) is 11.1 Å². The number of anilines is 1. The molecule has 4 nitrogen and oxygen atoms in total. The summed E-state index contributed by atoms with van der Waals surface area (Å²) in [4.78, 5) is 16.3. The average molecular weight is 298 g/mol. The van der Waals surface area contributed by atoms with E-state index in [1.165, 1.54) is 11.3 Å². The number of benzene rings is 1. The number of nitrogens with two attached hydrogens (primary N) is 1. The number of nitrogens with zero attached hydrogens (tertiary/aromatic N) is 1. The Balaban J connectivity index is 2.20. The molecule has 0 unspecified atom stereocenters. The van der Waals surface area contributed by atoms with Crippen LogP contribution in [-0.4, -0.2) is 16.9 Å². The van der Waals surface area contributed by atoms with E-state index in [9.17, 15) is 4.79 Å². The first-order chi connectivity index (χ1) is 8.77. The first-order valence-electron chi connectivity index (χ1n) is 5.90. The third kappa shape index (κ3) is 3.23. The Morgan fingerprint density at radius 1 is 1.47 bits per heavy atom. The van der Waals surface area contributed by atoms with Crippen molar-refractivity contribution in [2.75, 3.05) is 5.32 Å². The number of aromatic nitrogens is 1. The van der Waals surface area contributed by atoms with Gasteiger partial charge in [0.25, 0.3) is 0 Å². The molecule has 3 N–H and O–H groups in total. The summed E-state index contributed by atoms with van der Waals surface area (Å²) >= 11 is 7.30. The predicted octanol–water partition coefficient (Wildman–Crippen LogP) is 3.26. The normalized spacial score (nSPS) is 13.5. The van der Waals surface area contributed by atoms with E-state index < -0.39 is 6.04 Å². The number of nitrogens with one attached hydrogen (secondary N) is 1. The van der Waals surface area contributed by atoms with Crippen molar-refractivity contribution in [3.8, 4) is 0 Å². The minimum absolute atomic E-state index is 0.224. The molecule has 1 heterocycles. The Hall–Kier alpha value is -1.17. The molecule has 0 fully saturated rings. The van der Waals surface area contributed by atoms with Gasteiger partial charge in [0.15, 0.2) is 5.13 Å². The Kier molecular flexibility index (Phi) is 3.80. The molecular formula is C13H16ClN3OS. The molecule has 2 rings (SSSR count). The number of hydrogen-bond acceptors (Lipinski definition) is 4. The minimum atomic E-state index is -0.580. The third-order valence-electron chi connectivity index (χ3n) is 2.80. The summed E-state index contributed by atoms with van der Waals surface area (Å²) in [5.41, 5.74) is 6.43. The van der Waals surface area contributed by atoms with Gasteiger partial charge in [0.2, 0.25) is 5.91 Å². The molecule has 102 valence electrons. The zero-order chi connectivity index (χ0) is 14.2. The summed E-state index contributed by atoms with van der Waals surface area (Å²) in [6, 6.07) is 4.85. The van der Waals surface area contributed by atoms with Crippen molar-refractivity contribution < 1.29 is 4.79 Å². The van der Waals surface area contributed by atoms with Gasteiger partial charge in [-0.3, -0.25) is 4.79 Å². The Bertz CT molecular complexity index is 618. The lowest BCUT2D eigenvalue weighted by molar-refractivity contribution is -0.119. The SMILES string of the molecule is CC(C)(C)[C@H](N)C(=O)Nc1nc2ccc(Cl)cc2s1. The van der Waals surface area contributed by atoms with Crippen LogP contribution in [0.2, 0.25) is 5.02 Å². The van der Waals surface area contributed by atoms with Gasteiger partial charge in [-0.2, -0.15) is 0 Å². The van der Waals surface area contributed by atoms with Gasteiger partial charge in [-0.25, -0.2) is 4.98 Å². The van der Waals surface area contributed by atoms with Crippen molar-refractivity contribution in [3.63, 3.8) is 0 Å². The maximum atomic E-state index is 12.0. The lowest BCUT2D eigenvalue weighted by atomic mass is 9.87. The molecule has 1 aromatic carbocycles. The lowest BCUT2D eigenvalue weighted by Crippen LogP contribution is -2.45. The van der Waals surface area contributed by atoms with E-state index in [-0.39, 0.29) is 11.3 Å². The van der Waals surface area contributed by atoms with Crippen molar-refractivity contribution in [1.82, 2.24) is 4.98 Å². The van der Waals surface area contributed by atoms with Crippen LogP contribution in [0, 0.1) is 5.41 Å². The molecule has 0 bridgehead atoms. The average Bonchev–Trinajstić information content (AvgIpc) is 2.67. The largest absolute Gasteiger partial charge is 0.319 e. The molecule has 6 heteroatoms. The standard InChI is InChI=1S/C13H16ClN3OS/c1-13(2,3)10(15)11(18)17-12-16-8-5-4-7(14)6-9(8)19-12/h4-6,10H,15H2,1-3H3,(H,16,17,18)/t10-/m1/s1. The van der Waals surface area contributed by atoms with Crippen LogP contribution in [0.4, 0.5) is 5.13 Å². The Morgan fingerprint density at radius 3 is 2.79 bits per heavy atom. The van der Waals surface area contributed by atoms with Gasteiger partial charge < -0.3 is 11.1 Å². The van der Waals surface area contributed by atoms with Gasteiger partial charge in [-0.15, -0.1) is 0 Å². The number of hydrogen-bond donors (Lipinski definition) is 2. The quantitative estimate of drug-likeness (QED) is 0.894. The topological polar surface area (TPSA) is 68.0 Å². The highest BCUT2D eigenvalue weighted by molar-refractivity contribution is 7.22. The summed E-state index contributed by atoms with van der Waals surface area (Å²) in [7, 11) is 0. The van der Waals surface area contributed by atoms with Gasteiger partial charge in [-0.1, -0.05) is 43.7 Å². The Labute approximate surface area is 121 Å². The zero-order valence-electron chi connectivity index (χ0n) is 11.0. The van der Waals surface area contributed by atoms with Crippen LogP contribution in [0.25, 0.3) is 10.2 Å². The molecule has 2 aromatic rings. The molecule has 1 amide bonds. The fraction of sp³-hybridized carbons (Fsp3) is 0.385. The molecule has 0 saturated heterocycles. The number of carbonyl (C=O) groups excluding carboxylic acids is 1. The van der Waals surface area contributed by atoms with Gasteiger partial charge in [0, 0.05) is 5.02 Å². The predicted molar refractivity (Wildman–Crippen MR) is 80.7 cm³/mol. The van der Waals surface area contributed by atoms with E-state index in [0.29, 0.717) is 10.2 Å². The summed E-state index contributed by atoms with van der Waals surface area (Å²) in [5, 5.41) is 3.95. The number of carbonyl (C=O) groups is 1. The molecule has 1 aromatic heterocycles. The van der Waals surface area contributed by atoms with Crippen molar-refractivity contribution in [1.29, 1.82) is 0 Å². The summed E-state index contributed by atoms with van der Waals surface area (Å²) in [5.74, 6) is -0.224. The van der Waals surface area contributed by atoms with Gasteiger partial charge in [0.05, 0.1) is 16.3 Å². The van der Waals surface area contributed by atoms with Gasteiger partial charge in [0.1, 0.15) is 0 Å². The second kappa shape index (κ2) is 5.07. The van der Waals surface area contributed by atoms with Crippen LogP contribution in [0.15, 0.2) is 18.2 Å². The molecule has 0 aliphatic carbocycles. The van der Waals surface area contributed by atoms with Crippen LogP contribution in [0.3, 0.4) is 0 Å². The zero-order valence-corrected chi connectivity index (χ0v) is 12.6. The summed E-state index contributed by atoms with van der Waals surface area (Å²) < 4.78 is 0.937. The van der Waals surface area contributed by atoms with Gasteiger partial charge in [-0.05, 0) is 23.6 Å². The van der Waals surface area contributed by atoms with E-state index in [4.69, 9.17) is 17.3 Å². The number of fused-ring (bicyclic) bond motifs is 1. The molecule has 0 aliphatic rings. The second-order valence-electron chi connectivity index (χ2n) is 5.46. The van der Waals surface area contributed by atoms with Crippen LogP contribution in [-0.2, 0) is 4.79 Å². The number of rotatable bonds is 2. The first-order valence-corrected chi connectivity index (χ1v) is 7.09. The molecule has 0 radical (unpaired) electrons.